The topological polar surface area (TPSA) is 64.1 Å². The van der Waals surface area contributed by atoms with Crippen LogP contribution in [0.4, 0.5) is 0 Å². The van der Waals surface area contributed by atoms with Crippen LogP contribution in [0.5, 0.6) is 11.5 Å². The molecule has 16 heavy (non-hydrogen) atoms. The molecule has 1 aromatic carbocycles. The molecule has 0 atom stereocenters. The van der Waals surface area contributed by atoms with Crippen molar-refractivity contribution in [2.45, 2.75) is 6.92 Å². The first kappa shape index (κ1) is 10.2. The molecule has 5 heteroatoms. The zero-order valence-corrected chi connectivity index (χ0v) is 8.64. The second-order valence-corrected chi connectivity index (χ2v) is 3.24. The fraction of sp³-hybridized carbons (Fsp3) is 0.0909. The molecule has 0 spiro atoms. The quantitative estimate of drug-likeness (QED) is 0.833. The summed E-state index contributed by atoms with van der Waals surface area (Å²) < 4.78 is 6.41. The summed E-state index contributed by atoms with van der Waals surface area (Å²) >= 11 is 0. The molecule has 2 aromatic rings. The van der Waals surface area contributed by atoms with Crippen LogP contribution in [-0.2, 0) is 0 Å². The SMILES string of the molecule is CC(=O)n1cc(Oc2ccccc2)c(=O)[nH]1. The largest absolute Gasteiger partial charge is 0.450 e. The van der Waals surface area contributed by atoms with Gasteiger partial charge in [0.1, 0.15) is 5.75 Å². The highest BCUT2D eigenvalue weighted by Gasteiger charge is 2.08. The van der Waals surface area contributed by atoms with Crippen LogP contribution < -0.4 is 10.3 Å². The van der Waals surface area contributed by atoms with E-state index in [-0.39, 0.29) is 11.7 Å². The highest BCUT2D eigenvalue weighted by Crippen LogP contribution is 2.16. The molecule has 0 saturated heterocycles. The Morgan fingerprint density at radius 3 is 2.56 bits per heavy atom. The minimum absolute atomic E-state index is 0.0985. The summed E-state index contributed by atoms with van der Waals surface area (Å²) in [6.07, 6.45) is 1.33. The molecule has 0 aliphatic carbocycles. The lowest BCUT2D eigenvalue weighted by atomic mass is 10.3. The van der Waals surface area contributed by atoms with E-state index in [1.165, 1.54) is 13.1 Å². The highest BCUT2D eigenvalue weighted by atomic mass is 16.5. The summed E-state index contributed by atoms with van der Waals surface area (Å²) in [5.41, 5.74) is -0.431. The van der Waals surface area contributed by atoms with Crippen molar-refractivity contribution in [3.05, 3.63) is 46.9 Å². The highest BCUT2D eigenvalue weighted by molar-refractivity contribution is 5.75. The average Bonchev–Trinajstić information content (AvgIpc) is 2.62. The Bertz CT molecular complexity index is 554. The zero-order chi connectivity index (χ0) is 11.5. The molecule has 0 amide bonds. The van der Waals surface area contributed by atoms with Gasteiger partial charge in [0, 0.05) is 6.92 Å². The first-order valence-electron chi connectivity index (χ1n) is 4.72. The van der Waals surface area contributed by atoms with Crippen LogP contribution in [0.2, 0.25) is 0 Å². The maximum atomic E-state index is 11.4. The number of H-pyrrole nitrogens is 1. The molecule has 0 unspecified atom stereocenters. The summed E-state index contributed by atoms with van der Waals surface area (Å²) in [4.78, 5) is 22.4. The molecule has 1 N–H and O–H groups in total. The van der Waals surface area contributed by atoms with Gasteiger partial charge in [-0.1, -0.05) is 18.2 Å². The number of nitrogens with zero attached hydrogens (tertiary/aromatic N) is 1. The van der Waals surface area contributed by atoms with E-state index in [1.54, 1.807) is 24.3 Å². The van der Waals surface area contributed by atoms with Gasteiger partial charge in [-0.2, -0.15) is 0 Å². The van der Waals surface area contributed by atoms with Gasteiger partial charge in [0.2, 0.25) is 11.7 Å². The molecule has 0 aliphatic heterocycles. The van der Waals surface area contributed by atoms with E-state index in [2.05, 4.69) is 5.10 Å². The Hall–Kier alpha value is -2.30. The van der Waals surface area contributed by atoms with Crippen molar-refractivity contribution in [3.8, 4) is 11.5 Å². The number of para-hydroxylation sites is 1. The average molecular weight is 218 g/mol. The van der Waals surface area contributed by atoms with E-state index in [4.69, 9.17) is 4.74 Å². The van der Waals surface area contributed by atoms with E-state index >= 15 is 0 Å². The van der Waals surface area contributed by atoms with Crippen LogP contribution in [0.25, 0.3) is 0 Å². The minimum atomic E-state index is -0.431. The molecule has 82 valence electrons. The molecule has 1 heterocycles. The van der Waals surface area contributed by atoms with Crippen molar-refractivity contribution in [1.29, 1.82) is 0 Å². The molecule has 0 saturated carbocycles. The predicted molar refractivity (Wildman–Crippen MR) is 57.9 cm³/mol. The zero-order valence-electron chi connectivity index (χ0n) is 8.64. The van der Waals surface area contributed by atoms with E-state index in [0.29, 0.717) is 5.75 Å². The van der Waals surface area contributed by atoms with E-state index in [0.717, 1.165) is 4.68 Å². The number of nitrogens with one attached hydrogen (secondary N) is 1. The maximum Gasteiger partial charge on any atom is 0.307 e. The van der Waals surface area contributed by atoms with Crippen LogP contribution in [0, 0.1) is 0 Å². The van der Waals surface area contributed by atoms with Crippen LogP contribution >= 0.6 is 0 Å². The van der Waals surface area contributed by atoms with Gasteiger partial charge >= 0.3 is 5.56 Å². The van der Waals surface area contributed by atoms with Crippen molar-refractivity contribution >= 4 is 5.91 Å². The monoisotopic (exact) mass is 218 g/mol. The Labute approximate surface area is 91.3 Å². The maximum absolute atomic E-state index is 11.4. The molecule has 2 rings (SSSR count). The molecule has 0 radical (unpaired) electrons. The third kappa shape index (κ3) is 2.03. The van der Waals surface area contributed by atoms with E-state index < -0.39 is 5.56 Å². The van der Waals surface area contributed by atoms with Crippen molar-refractivity contribution in [1.82, 2.24) is 9.78 Å². The molecular formula is C11H10N2O3. The number of carbonyl (C=O) groups excluding carboxylic acids is 1. The summed E-state index contributed by atoms with van der Waals surface area (Å²) in [6, 6.07) is 8.89. The first-order valence-corrected chi connectivity index (χ1v) is 4.72. The normalized spacial score (nSPS) is 10.1. The van der Waals surface area contributed by atoms with Crippen LogP contribution in [0.15, 0.2) is 41.3 Å². The van der Waals surface area contributed by atoms with Gasteiger partial charge in [-0.25, -0.2) is 4.68 Å². The smallest absolute Gasteiger partial charge is 0.307 e. The summed E-state index contributed by atoms with van der Waals surface area (Å²) in [6.45, 7) is 1.35. The Kier molecular flexibility index (Phi) is 2.59. The van der Waals surface area contributed by atoms with Gasteiger partial charge in [-0.05, 0) is 12.1 Å². The lowest BCUT2D eigenvalue weighted by Gasteiger charge is -1.99. The molecule has 0 fully saturated rings. The fourth-order valence-corrected chi connectivity index (χ4v) is 1.23. The van der Waals surface area contributed by atoms with Gasteiger partial charge < -0.3 is 4.74 Å². The lowest BCUT2D eigenvalue weighted by molar-refractivity contribution is 0.0920. The third-order valence-corrected chi connectivity index (χ3v) is 2.00. The summed E-state index contributed by atoms with van der Waals surface area (Å²) in [5.74, 6) is 0.371. The van der Waals surface area contributed by atoms with Gasteiger partial charge in [0.15, 0.2) is 0 Å². The molecular weight excluding hydrogens is 208 g/mol. The number of hydrogen-bond acceptors (Lipinski definition) is 3. The number of carbonyl (C=O) groups is 1. The Morgan fingerprint density at radius 2 is 2.00 bits per heavy atom. The van der Waals surface area contributed by atoms with E-state index in [9.17, 15) is 9.59 Å². The summed E-state index contributed by atoms with van der Waals surface area (Å²) in [5, 5.41) is 2.35. The standard InChI is InChI=1S/C11H10N2O3/c1-8(14)13-7-10(11(15)12-13)16-9-5-3-2-4-6-9/h2-7H,1H3,(H,12,15). The molecule has 5 nitrogen and oxygen atoms in total. The number of aromatic nitrogens is 2. The predicted octanol–water partition coefficient (Wildman–Crippen LogP) is 1.63. The Balaban J connectivity index is 2.29. The van der Waals surface area contributed by atoms with Crippen molar-refractivity contribution in [2.75, 3.05) is 0 Å². The minimum Gasteiger partial charge on any atom is -0.450 e. The van der Waals surface area contributed by atoms with Crippen molar-refractivity contribution in [3.63, 3.8) is 0 Å². The fourth-order valence-electron chi connectivity index (χ4n) is 1.23. The van der Waals surface area contributed by atoms with Crippen LogP contribution in [-0.4, -0.2) is 15.7 Å². The summed E-state index contributed by atoms with van der Waals surface area (Å²) in [7, 11) is 0. The third-order valence-electron chi connectivity index (χ3n) is 2.00. The number of hydrogen-bond donors (Lipinski definition) is 1. The number of aromatic amines is 1. The van der Waals surface area contributed by atoms with Gasteiger partial charge in [-0.15, -0.1) is 0 Å². The van der Waals surface area contributed by atoms with Gasteiger partial charge in [-0.3, -0.25) is 14.7 Å². The van der Waals surface area contributed by atoms with E-state index in [1.807, 2.05) is 6.07 Å². The second-order valence-electron chi connectivity index (χ2n) is 3.24. The molecule has 0 aliphatic rings. The number of benzene rings is 1. The van der Waals surface area contributed by atoms with Crippen LogP contribution in [0.3, 0.4) is 0 Å². The van der Waals surface area contributed by atoms with Gasteiger partial charge in [0.25, 0.3) is 0 Å². The van der Waals surface area contributed by atoms with Crippen molar-refractivity contribution in [2.24, 2.45) is 0 Å². The molecule has 0 bridgehead atoms. The second kappa shape index (κ2) is 4.06. The number of rotatable bonds is 2. The van der Waals surface area contributed by atoms with Crippen molar-refractivity contribution < 1.29 is 9.53 Å². The molecule has 1 aromatic heterocycles. The van der Waals surface area contributed by atoms with Crippen LogP contribution in [0.1, 0.15) is 11.7 Å². The van der Waals surface area contributed by atoms with Gasteiger partial charge in [0.05, 0.1) is 6.20 Å². The Morgan fingerprint density at radius 1 is 1.31 bits per heavy atom. The lowest BCUT2D eigenvalue weighted by Crippen LogP contribution is -2.10. The first-order chi connectivity index (χ1) is 7.66. The number of ether oxygens (including phenoxy) is 1.